The van der Waals surface area contributed by atoms with Gasteiger partial charge in [0.2, 0.25) is 0 Å². The molecular weight excluding hydrogens is 276 g/mol. The molecule has 22 heavy (non-hydrogen) atoms. The maximum atomic E-state index is 11.8. The highest BCUT2D eigenvalue weighted by molar-refractivity contribution is 6.01. The summed E-state index contributed by atoms with van der Waals surface area (Å²) < 4.78 is 0. The fourth-order valence-corrected chi connectivity index (χ4v) is 2.21. The Hall–Kier alpha value is -3.10. The van der Waals surface area contributed by atoms with Gasteiger partial charge in [0.25, 0.3) is 0 Å². The van der Waals surface area contributed by atoms with Crippen molar-refractivity contribution in [1.82, 2.24) is 5.43 Å². The minimum Gasteiger partial charge on any atom is -0.396 e. The summed E-state index contributed by atoms with van der Waals surface area (Å²) >= 11 is 0. The van der Waals surface area contributed by atoms with Crippen molar-refractivity contribution in [3.05, 3.63) is 65.4 Å². The van der Waals surface area contributed by atoms with E-state index in [2.05, 4.69) is 5.43 Å². The standard InChI is InChI=1S/C17H16N4O/c1-11(22)14-7-2-3-8-15(14)12-5-4-6-13(9-12)17(19)16(10-18)21-20/h2-9,21H,19-20H2,1H3/b17-16-. The van der Waals surface area contributed by atoms with Crippen molar-refractivity contribution in [1.29, 1.82) is 5.26 Å². The molecule has 2 rings (SSSR count). The Morgan fingerprint density at radius 3 is 2.55 bits per heavy atom. The lowest BCUT2D eigenvalue weighted by atomic mass is 9.95. The van der Waals surface area contributed by atoms with Gasteiger partial charge in [0.15, 0.2) is 11.5 Å². The van der Waals surface area contributed by atoms with Crippen LogP contribution < -0.4 is 17.0 Å². The number of Topliss-reactive ketones (excluding diaryl/α,β-unsaturated/α-hetero) is 1. The number of carbonyl (C=O) groups excluding carboxylic acids is 1. The third kappa shape index (κ3) is 2.97. The van der Waals surface area contributed by atoms with Gasteiger partial charge in [-0.3, -0.25) is 4.79 Å². The molecule has 0 spiro atoms. The maximum Gasteiger partial charge on any atom is 0.160 e. The summed E-state index contributed by atoms with van der Waals surface area (Å²) in [7, 11) is 0. The molecule has 0 aliphatic carbocycles. The van der Waals surface area contributed by atoms with Crippen LogP contribution in [-0.4, -0.2) is 5.78 Å². The number of hydrogen-bond donors (Lipinski definition) is 3. The molecule has 0 saturated carbocycles. The van der Waals surface area contributed by atoms with Crippen LogP contribution in [0.5, 0.6) is 0 Å². The van der Waals surface area contributed by atoms with Gasteiger partial charge in [0.05, 0.1) is 5.70 Å². The Kier molecular flexibility index (Phi) is 4.57. The average molecular weight is 292 g/mol. The van der Waals surface area contributed by atoms with Crippen molar-refractivity contribution in [2.45, 2.75) is 6.92 Å². The summed E-state index contributed by atoms with van der Waals surface area (Å²) in [6, 6.07) is 16.6. The highest BCUT2D eigenvalue weighted by Crippen LogP contribution is 2.26. The number of ketones is 1. The Morgan fingerprint density at radius 2 is 1.91 bits per heavy atom. The van der Waals surface area contributed by atoms with Crippen molar-refractivity contribution in [3.63, 3.8) is 0 Å². The maximum absolute atomic E-state index is 11.8. The molecule has 0 radical (unpaired) electrons. The SMILES string of the molecule is CC(=O)c1ccccc1-c1cccc(/C(N)=C(\C#N)NN)c1. The number of allylic oxidation sites excluding steroid dienone is 1. The smallest absolute Gasteiger partial charge is 0.160 e. The van der Waals surface area contributed by atoms with E-state index in [1.54, 1.807) is 12.1 Å². The lowest BCUT2D eigenvalue weighted by Crippen LogP contribution is -2.23. The lowest BCUT2D eigenvalue weighted by molar-refractivity contribution is 0.101. The first kappa shape index (κ1) is 15.3. The molecule has 0 aromatic heterocycles. The average Bonchev–Trinajstić information content (AvgIpc) is 2.56. The van der Waals surface area contributed by atoms with Gasteiger partial charge in [-0.1, -0.05) is 42.5 Å². The number of hydrazine groups is 1. The minimum absolute atomic E-state index is 0.00847. The largest absolute Gasteiger partial charge is 0.396 e. The normalized spacial score (nSPS) is 11.3. The van der Waals surface area contributed by atoms with E-state index in [1.807, 2.05) is 42.5 Å². The Morgan fingerprint density at radius 1 is 1.18 bits per heavy atom. The Bertz CT molecular complexity index is 787. The highest BCUT2D eigenvalue weighted by atomic mass is 16.1. The van der Waals surface area contributed by atoms with Crippen LogP contribution in [0.15, 0.2) is 54.2 Å². The first-order valence-electron chi connectivity index (χ1n) is 6.65. The second-order valence-corrected chi connectivity index (χ2v) is 4.73. The van der Waals surface area contributed by atoms with Gasteiger partial charge in [-0.15, -0.1) is 0 Å². The van der Waals surface area contributed by atoms with Gasteiger partial charge < -0.3 is 11.2 Å². The predicted octanol–water partition coefficient (Wildman–Crippen LogP) is 2.17. The van der Waals surface area contributed by atoms with Crippen molar-refractivity contribution >= 4 is 11.5 Å². The van der Waals surface area contributed by atoms with Crippen LogP contribution >= 0.6 is 0 Å². The van der Waals surface area contributed by atoms with Crippen LogP contribution in [0.4, 0.5) is 0 Å². The number of rotatable bonds is 4. The van der Waals surface area contributed by atoms with Crippen molar-refractivity contribution in [2.75, 3.05) is 0 Å². The molecular formula is C17H16N4O. The van der Waals surface area contributed by atoms with Gasteiger partial charge in [0.1, 0.15) is 6.07 Å². The van der Waals surface area contributed by atoms with E-state index >= 15 is 0 Å². The monoisotopic (exact) mass is 292 g/mol. The number of benzene rings is 2. The Labute approximate surface area is 128 Å². The minimum atomic E-state index is -0.00847. The zero-order valence-corrected chi connectivity index (χ0v) is 12.1. The third-order valence-corrected chi connectivity index (χ3v) is 3.32. The van der Waals surface area contributed by atoms with Gasteiger partial charge in [-0.2, -0.15) is 5.26 Å². The van der Waals surface area contributed by atoms with Crippen molar-refractivity contribution < 1.29 is 4.79 Å². The van der Waals surface area contributed by atoms with E-state index in [1.165, 1.54) is 6.92 Å². The fourth-order valence-electron chi connectivity index (χ4n) is 2.21. The fraction of sp³-hybridized carbons (Fsp3) is 0.0588. The predicted molar refractivity (Wildman–Crippen MR) is 85.9 cm³/mol. The van der Waals surface area contributed by atoms with Crippen molar-refractivity contribution in [3.8, 4) is 17.2 Å². The quantitative estimate of drug-likeness (QED) is 0.346. The molecule has 0 saturated heterocycles. The molecule has 5 N–H and O–H groups in total. The van der Waals surface area contributed by atoms with Crippen LogP contribution in [0, 0.1) is 11.3 Å². The molecule has 0 bridgehead atoms. The number of nitrogens with zero attached hydrogens (tertiary/aromatic N) is 1. The molecule has 5 nitrogen and oxygen atoms in total. The molecule has 2 aromatic carbocycles. The van der Waals surface area contributed by atoms with E-state index in [0.29, 0.717) is 11.1 Å². The van der Waals surface area contributed by atoms with E-state index in [4.69, 9.17) is 16.8 Å². The zero-order chi connectivity index (χ0) is 16.1. The molecule has 0 amide bonds. The van der Waals surface area contributed by atoms with Crippen LogP contribution in [0.25, 0.3) is 16.8 Å². The van der Waals surface area contributed by atoms with E-state index in [-0.39, 0.29) is 17.2 Å². The number of hydrogen-bond acceptors (Lipinski definition) is 5. The molecule has 0 aliphatic heterocycles. The molecule has 0 heterocycles. The second kappa shape index (κ2) is 6.57. The summed E-state index contributed by atoms with van der Waals surface area (Å²) in [5.74, 6) is 5.27. The number of nitrogens with two attached hydrogens (primary N) is 2. The Balaban J connectivity index is 2.58. The van der Waals surface area contributed by atoms with Crippen LogP contribution in [0.1, 0.15) is 22.8 Å². The van der Waals surface area contributed by atoms with Gasteiger partial charge in [-0.05, 0) is 24.1 Å². The van der Waals surface area contributed by atoms with E-state index < -0.39 is 0 Å². The van der Waals surface area contributed by atoms with Crippen LogP contribution in [-0.2, 0) is 0 Å². The van der Waals surface area contributed by atoms with Crippen LogP contribution in [0.3, 0.4) is 0 Å². The summed E-state index contributed by atoms with van der Waals surface area (Å²) in [5.41, 5.74) is 11.5. The number of nitriles is 1. The van der Waals surface area contributed by atoms with Gasteiger partial charge in [0, 0.05) is 11.1 Å². The zero-order valence-electron chi connectivity index (χ0n) is 12.1. The summed E-state index contributed by atoms with van der Waals surface area (Å²) in [5, 5.41) is 8.99. The molecule has 110 valence electrons. The van der Waals surface area contributed by atoms with Gasteiger partial charge >= 0.3 is 0 Å². The summed E-state index contributed by atoms with van der Waals surface area (Å²) in [4.78, 5) is 11.8. The molecule has 0 aliphatic rings. The van der Waals surface area contributed by atoms with E-state index in [0.717, 1.165) is 11.1 Å². The third-order valence-electron chi connectivity index (χ3n) is 3.32. The van der Waals surface area contributed by atoms with E-state index in [9.17, 15) is 4.79 Å². The van der Waals surface area contributed by atoms with Crippen LogP contribution in [0.2, 0.25) is 0 Å². The van der Waals surface area contributed by atoms with Crippen molar-refractivity contribution in [2.24, 2.45) is 11.6 Å². The second-order valence-electron chi connectivity index (χ2n) is 4.73. The molecule has 0 unspecified atom stereocenters. The number of carbonyl (C=O) groups is 1. The summed E-state index contributed by atoms with van der Waals surface area (Å²) in [6.07, 6.45) is 0. The molecule has 5 heteroatoms. The molecule has 2 aromatic rings. The topological polar surface area (TPSA) is 105 Å². The molecule has 0 atom stereocenters. The number of nitrogens with one attached hydrogen (secondary N) is 1. The summed E-state index contributed by atoms with van der Waals surface area (Å²) in [6.45, 7) is 1.53. The first-order valence-corrected chi connectivity index (χ1v) is 6.65. The lowest BCUT2D eigenvalue weighted by Gasteiger charge is -2.10. The van der Waals surface area contributed by atoms with Gasteiger partial charge in [-0.25, -0.2) is 5.84 Å². The molecule has 0 fully saturated rings. The highest BCUT2D eigenvalue weighted by Gasteiger charge is 2.10. The first-order chi connectivity index (χ1) is 10.6.